The van der Waals surface area contributed by atoms with Crippen molar-refractivity contribution in [2.24, 2.45) is 5.73 Å². The smallest absolute Gasteiger partial charge is 0.232 e. The van der Waals surface area contributed by atoms with Crippen LogP contribution in [0.3, 0.4) is 0 Å². The first kappa shape index (κ1) is 11.4. The number of halogens is 1. The van der Waals surface area contributed by atoms with Gasteiger partial charge in [-0.3, -0.25) is 4.79 Å². The number of anilines is 1. The number of hydrogen-bond acceptors (Lipinski definition) is 2. The van der Waals surface area contributed by atoms with Gasteiger partial charge < -0.3 is 11.1 Å². The van der Waals surface area contributed by atoms with Gasteiger partial charge in [0.2, 0.25) is 5.91 Å². The monoisotopic (exact) mass is 238 g/mol. The highest BCUT2D eigenvalue weighted by Gasteiger charge is 2.31. The maximum atomic E-state index is 11.8. The van der Waals surface area contributed by atoms with E-state index in [1.807, 2.05) is 26.0 Å². The molecule has 1 amide bonds. The molecule has 86 valence electrons. The van der Waals surface area contributed by atoms with Crippen molar-refractivity contribution in [3.05, 3.63) is 28.3 Å². The molecule has 3 N–H and O–H groups in total. The number of carbonyl (C=O) groups is 1. The van der Waals surface area contributed by atoms with Crippen molar-refractivity contribution in [3.8, 4) is 0 Å². The molecule has 1 aliphatic rings. The lowest BCUT2D eigenvalue weighted by molar-refractivity contribution is -0.117. The van der Waals surface area contributed by atoms with Crippen LogP contribution in [0.15, 0.2) is 12.1 Å². The van der Waals surface area contributed by atoms with Crippen molar-refractivity contribution < 1.29 is 4.79 Å². The van der Waals surface area contributed by atoms with Crippen LogP contribution in [-0.4, -0.2) is 5.91 Å². The molecule has 0 radical (unpaired) electrons. The Balaban J connectivity index is 2.59. The summed E-state index contributed by atoms with van der Waals surface area (Å²) in [5.41, 5.74) is 8.62. The quantitative estimate of drug-likeness (QED) is 0.833. The number of rotatable bonds is 2. The van der Waals surface area contributed by atoms with E-state index in [1.54, 1.807) is 0 Å². The SMILES string of the molecule is CCC1C(=O)Nc2c(C(C)N)cc(Cl)cc21. The van der Waals surface area contributed by atoms with E-state index in [0.29, 0.717) is 5.02 Å². The number of hydrogen-bond donors (Lipinski definition) is 2. The molecule has 0 saturated heterocycles. The van der Waals surface area contributed by atoms with Crippen LogP contribution in [-0.2, 0) is 4.79 Å². The van der Waals surface area contributed by atoms with Gasteiger partial charge in [-0.05, 0) is 36.6 Å². The average molecular weight is 239 g/mol. The van der Waals surface area contributed by atoms with Crippen LogP contribution in [0.4, 0.5) is 5.69 Å². The van der Waals surface area contributed by atoms with Crippen LogP contribution in [0.1, 0.15) is 43.4 Å². The molecule has 1 aliphatic heterocycles. The first-order valence-corrected chi connectivity index (χ1v) is 5.82. The summed E-state index contributed by atoms with van der Waals surface area (Å²) in [5, 5.41) is 3.54. The van der Waals surface area contributed by atoms with E-state index in [0.717, 1.165) is 23.2 Å². The third kappa shape index (κ3) is 1.70. The maximum absolute atomic E-state index is 11.8. The van der Waals surface area contributed by atoms with Crippen LogP contribution in [0.25, 0.3) is 0 Å². The Morgan fingerprint density at radius 2 is 2.25 bits per heavy atom. The largest absolute Gasteiger partial charge is 0.325 e. The number of nitrogens with two attached hydrogens (primary N) is 1. The van der Waals surface area contributed by atoms with Gasteiger partial charge in [-0.2, -0.15) is 0 Å². The minimum Gasteiger partial charge on any atom is -0.325 e. The molecule has 0 spiro atoms. The Bertz CT molecular complexity index is 443. The zero-order valence-electron chi connectivity index (χ0n) is 9.38. The third-order valence-corrected chi connectivity index (χ3v) is 3.22. The zero-order valence-corrected chi connectivity index (χ0v) is 10.1. The van der Waals surface area contributed by atoms with Crippen LogP contribution < -0.4 is 11.1 Å². The second kappa shape index (κ2) is 4.07. The minimum atomic E-state index is -0.136. The van der Waals surface area contributed by atoms with Gasteiger partial charge in [0, 0.05) is 16.8 Å². The predicted octanol–water partition coefficient (Wildman–Crippen LogP) is 2.81. The van der Waals surface area contributed by atoms with Gasteiger partial charge in [0.05, 0.1) is 5.92 Å². The topological polar surface area (TPSA) is 55.1 Å². The van der Waals surface area contributed by atoms with Gasteiger partial charge in [-0.1, -0.05) is 18.5 Å². The zero-order chi connectivity index (χ0) is 11.9. The van der Waals surface area contributed by atoms with Gasteiger partial charge >= 0.3 is 0 Å². The molecule has 2 rings (SSSR count). The van der Waals surface area contributed by atoms with E-state index >= 15 is 0 Å². The number of nitrogens with one attached hydrogen (secondary N) is 1. The van der Waals surface area contributed by atoms with Crippen molar-refractivity contribution in [1.82, 2.24) is 0 Å². The first-order chi connectivity index (χ1) is 7.54. The molecule has 0 aliphatic carbocycles. The lowest BCUT2D eigenvalue weighted by atomic mass is 9.95. The van der Waals surface area contributed by atoms with Crippen LogP contribution in [0.2, 0.25) is 5.02 Å². The Morgan fingerprint density at radius 3 is 2.81 bits per heavy atom. The molecule has 0 saturated carbocycles. The molecule has 2 atom stereocenters. The van der Waals surface area contributed by atoms with Crippen molar-refractivity contribution in [2.45, 2.75) is 32.2 Å². The minimum absolute atomic E-state index is 0.0432. The van der Waals surface area contributed by atoms with E-state index in [4.69, 9.17) is 17.3 Å². The summed E-state index contributed by atoms with van der Waals surface area (Å²) in [6.45, 7) is 3.88. The molecule has 16 heavy (non-hydrogen) atoms. The average Bonchev–Trinajstić information content (AvgIpc) is 2.52. The Labute approximate surface area is 100.0 Å². The van der Waals surface area contributed by atoms with Crippen LogP contribution in [0, 0.1) is 0 Å². The predicted molar refractivity (Wildman–Crippen MR) is 65.7 cm³/mol. The van der Waals surface area contributed by atoms with E-state index < -0.39 is 0 Å². The number of carbonyl (C=O) groups excluding carboxylic acids is 1. The van der Waals surface area contributed by atoms with Gasteiger partial charge in [-0.25, -0.2) is 0 Å². The van der Waals surface area contributed by atoms with E-state index in [2.05, 4.69) is 5.32 Å². The summed E-state index contributed by atoms with van der Waals surface area (Å²) in [6, 6.07) is 3.54. The van der Waals surface area contributed by atoms with E-state index in [-0.39, 0.29) is 17.9 Å². The standard InChI is InChI=1S/C12H15ClN2O/c1-3-8-10-5-7(13)4-9(6(2)14)11(10)15-12(8)16/h4-6,8H,3,14H2,1-2H3,(H,15,16). The molecule has 0 aromatic heterocycles. The van der Waals surface area contributed by atoms with E-state index in [1.165, 1.54) is 0 Å². The lowest BCUT2D eigenvalue weighted by Crippen LogP contribution is -2.12. The summed E-state index contributed by atoms with van der Waals surface area (Å²) < 4.78 is 0. The first-order valence-electron chi connectivity index (χ1n) is 5.44. The van der Waals surface area contributed by atoms with Crippen molar-refractivity contribution in [1.29, 1.82) is 0 Å². The Hall–Kier alpha value is -1.06. The highest BCUT2D eigenvalue weighted by atomic mass is 35.5. The molecular weight excluding hydrogens is 224 g/mol. The second-order valence-electron chi connectivity index (χ2n) is 4.20. The van der Waals surface area contributed by atoms with Crippen molar-refractivity contribution in [2.75, 3.05) is 5.32 Å². The fraction of sp³-hybridized carbons (Fsp3) is 0.417. The maximum Gasteiger partial charge on any atom is 0.232 e. The third-order valence-electron chi connectivity index (χ3n) is 3.00. The lowest BCUT2D eigenvalue weighted by Gasteiger charge is -2.13. The number of amides is 1. The van der Waals surface area contributed by atoms with Crippen LogP contribution in [0.5, 0.6) is 0 Å². The van der Waals surface area contributed by atoms with Gasteiger partial charge in [-0.15, -0.1) is 0 Å². The van der Waals surface area contributed by atoms with Gasteiger partial charge in [0.25, 0.3) is 0 Å². The molecule has 3 nitrogen and oxygen atoms in total. The number of benzene rings is 1. The molecule has 2 unspecified atom stereocenters. The number of fused-ring (bicyclic) bond motifs is 1. The highest BCUT2D eigenvalue weighted by molar-refractivity contribution is 6.31. The molecule has 0 bridgehead atoms. The molecule has 0 fully saturated rings. The van der Waals surface area contributed by atoms with Crippen LogP contribution >= 0.6 is 11.6 Å². The molecular formula is C12H15ClN2O. The Kier molecular flexibility index (Phi) is 2.91. The summed E-state index contributed by atoms with van der Waals surface area (Å²) in [4.78, 5) is 11.8. The molecule has 1 aromatic rings. The van der Waals surface area contributed by atoms with Crippen molar-refractivity contribution in [3.63, 3.8) is 0 Å². The molecule has 1 heterocycles. The summed E-state index contributed by atoms with van der Waals surface area (Å²) in [7, 11) is 0. The highest BCUT2D eigenvalue weighted by Crippen LogP contribution is 2.40. The molecule has 1 aromatic carbocycles. The van der Waals surface area contributed by atoms with Crippen molar-refractivity contribution >= 4 is 23.2 Å². The fourth-order valence-corrected chi connectivity index (χ4v) is 2.42. The molecule has 4 heteroatoms. The summed E-state index contributed by atoms with van der Waals surface area (Å²) >= 11 is 6.05. The normalized spacial score (nSPS) is 20.5. The van der Waals surface area contributed by atoms with Gasteiger partial charge in [0.15, 0.2) is 0 Å². The van der Waals surface area contributed by atoms with Gasteiger partial charge in [0.1, 0.15) is 0 Å². The summed E-state index contributed by atoms with van der Waals surface area (Å²) in [5.74, 6) is -0.0483. The Morgan fingerprint density at radius 1 is 1.56 bits per heavy atom. The van der Waals surface area contributed by atoms with E-state index in [9.17, 15) is 4.79 Å². The summed E-state index contributed by atoms with van der Waals surface area (Å²) in [6.07, 6.45) is 0.775. The fourth-order valence-electron chi connectivity index (χ4n) is 2.18. The second-order valence-corrected chi connectivity index (χ2v) is 4.63.